The minimum Gasteiger partial charge on any atom is -0.339 e. The maximum Gasteiger partial charge on any atom is 0.151 e. The van der Waals surface area contributed by atoms with Crippen LogP contribution in [-0.4, -0.2) is 9.36 Å². The maximum atomic E-state index is 4.40. The van der Waals surface area contributed by atoms with E-state index in [2.05, 4.69) is 26.8 Å². The standard InChI is InChI=1S/C12H9N3S/c1-2-4-11-10(3-1)12(15-16-11)14-9-5-7-13-8-6-9/h1-8H,(H,13,14,15). The topological polar surface area (TPSA) is 37.8 Å². The summed E-state index contributed by atoms with van der Waals surface area (Å²) in [6.45, 7) is 0. The molecule has 16 heavy (non-hydrogen) atoms. The number of aromatic nitrogens is 2. The van der Waals surface area contributed by atoms with Crippen molar-refractivity contribution in [1.29, 1.82) is 0 Å². The lowest BCUT2D eigenvalue weighted by Crippen LogP contribution is -1.90. The fraction of sp³-hybridized carbons (Fsp3) is 0. The van der Waals surface area contributed by atoms with Crippen molar-refractivity contribution in [3.8, 4) is 0 Å². The molecule has 0 aliphatic rings. The molecular formula is C12H9N3S. The molecule has 0 radical (unpaired) electrons. The van der Waals surface area contributed by atoms with Gasteiger partial charge in [0.2, 0.25) is 0 Å². The summed E-state index contributed by atoms with van der Waals surface area (Å²) in [5, 5.41) is 4.44. The van der Waals surface area contributed by atoms with E-state index in [1.54, 1.807) is 12.4 Å². The summed E-state index contributed by atoms with van der Waals surface area (Å²) < 4.78 is 5.59. The predicted octanol–water partition coefficient (Wildman–Crippen LogP) is 3.43. The Balaban J connectivity index is 2.01. The van der Waals surface area contributed by atoms with E-state index in [9.17, 15) is 0 Å². The second kappa shape index (κ2) is 3.90. The molecule has 0 saturated heterocycles. The number of rotatable bonds is 2. The van der Waals surface area contributed by atoms with Gasteiger partial charge in [-0.1, -0.05) is 12.1 Å². The van der Waals surface area contributed by atoms with E-state index in [1.165, 1.54) is 16.2 Å². The first-order valence-electron chi connectivity index (χ1n) is 4.95. The Morgan fingerprint density at radius 3 is 2.69 bits per heavy atom. The number of hydrogen-bond acceptors (Lipinski definition) is 4. The second-order valence-corrected chi connectivity index (χ2v) is 4.19. The molecule has 3 nitrogen and oxygen atoms in total. The molecule has 0 saturated carbocycles. The van der Waals surface area contributed by atoms with Gasteiger partial charge >= 0.3 is 0 Å². The number of fused-ring (bicyclic) bond motifs is 1. The van der Waals surface area contributed by atoms with Gasteiger partial charge in [-0.05, 0) is 35.8 Å². The van der Waals surface area contributed by atoms with Crippen molar-refractivity contribution in [2.45, 2.75) is 0 Å². The smallest absolute Gasteiger partial charge is 0.151 e. The largest absolute Gasteiger partial charge is 0.339 e. The van der Waals surface area contributed by atoms with E-state index >= 15 is 0 Å². The van der Waals surface area contributed by atoms with Crippen LogP contribution in [0.4, 0.5) is 11.5 Å². The van der Waals surface area contributed by atoms with Gasteiger partial charge in [-0.15, -0.1) is 0 Å². The van der Waals surface area contributed by atoms with Crippen LogP contribution in [0.15, 0.2) is 48.8 Å². The van der Waals surface area contributed by atoms with E-state index in [1.807, 2.05) is 24.3 Å². The third kappa shape index (κ3) is 1.63. The molecule has 1 aromatic carbocycles. The zero-order chi connectivity index (χ0) is 10.8. The first-order chi connectivity index (χ1) is 7.93. The minimum absolute atomic E-state index is 0.909. The molecule has 1 N–H and O–H groups in total. The normalized spacial score (nSPS) is 10.5. The quantitative estimate of drug-likeness (QED) is 0.728. The van der Waals surface area contributed by atoms with Crippen LogP contribution in [0.5, 0.6) is 0 Å². The molecule has 3 rings (SSSR count). The van der Waals surface area contributed by atoms with Crippen LogP contribution < -0.4 is 5.32 Å². The number of hydrogen-bond donors (Lipinski definition) is 1. The molecule has 0 spiro atoms. The lowest BCUT2D eigenvalue weighted by Gasteiger charge is -2.02. The van der Waals surface area contributed by atoms with Gasteiger partial charge < -0.3 is 5.32 Å². The molecular weight excluding hydrogens is 218 g/mol. The number of anilines is 2. The average Bonchev–Trinajstić information content (AvgIpc) is 2.74. The van der Waals surface area contributed by atoms with E-state index in [0.717, 1.165) is 16.9 Å². The van der Waals surface area contributed by atoms with Crippen LogP contribution in [0, 0.1) is 0 Å². The highest BCUT2D eigenvalue weighted by molar-refractivity contribution is 7.13. The molecule has 0 fully saturated rings. The summed E-state index contributed by atoms with van der Waals surface area (Å²) >= 11 is 1.51. The van der Waals surface area contributed by atoms with Gasteiger partial charge in [-0.3, -0.25) is 4.98 Å². The Labute approximate surface area is 96.9 Å². The Morgan fingerprint density at radius 2 is 1.81 bits per heavy atom. The number of pyridine rings is 1. The summed E-state index contributed by atoms with van der Waals surface area (Å²) in [5.74, 6) is 0.909. The SMILES string of the molecule is c1ccc2c(Nc3ccncc3)nsc2c1. The van der Waals surface area contributed by atoms with Crippen molar-refractivity contribution in [1.82, 2.24) is 9.36 Å². The van der Waals surface area contributed by atoms with Crippen molar-refractivity contribution >= 4 is 33.1 Å². The lowest BCUT2D eigenvalue weighted by atomic mass is 10.2. The zero-order valence-electron chi connectivity index (χ0n) is 8.42. The first kappa shape index (κ1) is 9.30. The highest BCUT2D eigenvalue weighted by Crippen LogP contribution is 2.28. The molecule has 0 aliphatic heterocycles. The van der Waals surface area contributed by atoms with Crippen LogP contribution in [0.1, 0.15) is 0 Å². The highest BCUT2D eigenvalue weighted by Gasteiger charge is 2.04. The summed E-state index contributed by atoms with van der Waals surface area (Å²) in [6, 6.07) is 12.0. The summed E-state index contributed by atoms with van der Waals surface area (Å²) in [7, 11) is 0. The summed E-state index contributed by atoms with van der Waals surface area (Å²) in [5.41, 5.74) is 1.01. The van der Waals surface area contributed by atoms with E-state index in [4.69, 9.17) is 0 Å². The third-order valence-electron chi connectivity index (χ3n) is 2.32. The Bertz CT molecular complexity index is 604. The van der Waals surface area contributed by atoms with E-state index < -0.39 is 0 Å². The number of nitrogens with one attached hydrogen (secondary N) is 1. The maximum absolute atomic E-state index is 4.40. The van der Waals surface area contributed by atoms with Crippen LogP contribution >= 0.6 is 11.5 Å². The molecule has 0 bridgehead atoms. The second-order valence-electron chi connectivity index (χ2n) is 3.39. The van der Waals surface area contributed by atoms with Crippen molar-refractivity contribution in [2.24, 2.45) is 0 Å². The Kier molecular flexibility index (Phi) is 2.27. The van der Waals surface area contributed by atoms with Gasteiger partial charge in [0.1, 0.15) is 0 Å². The Hall–Kier alpha value is -1.94. The van der Waals surface area contributed by atoms with Crippen molar-refractivity contribution in [3.05, 3.63) is 48.8 Å². The van der Waals surface area contributed by atoms with Gasteiger partial charge in [0, 0.05) is 23.5 Å². The molecule has 4 heteroatoms. The predicted molar refractivity (Wildman–Crippen MR) is 67.1 cm³/mol. The van der Waals surface area contributed by atoms with Gasteiger partial charge in [-0.25, -0.2) is 0 Å². The fourth-order valence-electron chi connectivity index (χ4n) is 1.55. The van der Waals surface area contributed by atoms with Crippen LogP contribution in [0.2, 0.25) is 0 Å². The van der Waals surface area contributed by atoms with Crippen LogP contribution in [0.3, 0.4) is 0 Å². The minimum atomic E-state index is 0.909. The van der Waals surface area contributed by atoms with Crippen molar-refractivity contribution < 1.29 is 0 Å². The summed E-state index contributed by atoms with van der Waals surface area (Å²) in [6.07, 6.45) is 3.52. The third-order valence-corrected chi connectivity index (χ3v) is 3.15. The van der Waals surface area contributed by atoms with Crippen LogP contribution in [0.25, 0.3) is 10.1 Å². The number of benzene rings is 1. The first-order valence-corrected chi connectivity index (χ1v) is 5.72. The molecule has 2 heterocycles. The van der Waals surface area contributed by atoms with Crippen molar-refractivity contribution in [2.75, 3.05) is 5.32 Å². The zero-order valence-corrected chi connectivity index (χ0v) is 9.24. The van der Waals surface area contributed by atoms with Gasteiger partial charge in [0.05, 0.1) is 4.70 Å². The monoisotopic (exact) mass is 227 g/mol. The lowest BCUT2D eigenvalue weighted by molar-refractivity contribution is 1.32. The molecule has 0 aliphatic carbocycles. The molecule has 0 unspecified atom stereocenters. The van der Waals surface area contributed by atoms with Crippen LogP contribution in [-0.2, 0) is 0 Å². The molecule has 3 aromatic rings. The Morgan fingerprint density at radius 1 is 1.00 bits per heavy atom. The average molecular weight is 227 g/mol. The number of nitrogens with zero attached hydrogens (tertiary/aromatic N) is 2. The fourth-order valence-corrected chi connectivity index (χ4v) is 2.28. The molecule has 2 aromatic heterocycles. The highest BCUT2D eigenvalue weighted by atomic mass is 32.1. The van der Waals surface area contributed by atoms with Crippen molar-refractivity contribution in [3.63, 3.8) is 0 Å². The van der Waals surface area contributed by atoms with E-state index in [0.29, 0.717) is 0 Å². The van der Waals surface area contributed by atoms with Gasteiger partial charge in [-0.2, -0.15) is 4.37 Å². The summed E-state index contributed by atoms with van der Waals surface area (Å²) in [4.78, 5) is 3.98. The van der Waals surface area contributed by atoms with Gasteiger partial charge in [0.15, 0.2) is 5.82 Å². The molecule has 0 amide bonds. The van der Waals surface area contributed by atoms with E-state index in [-0.39, 0.29) is 0 Å². The van der Waals surface area contributed by atoms with Gasteiger partial charge in [0.25, 0.3) is 0 Å². The molecule has 0 atom stereocenters. The molecule has 78 valence electrons.